The molecule has 8 heteroatoms. The second-order valence-electron chi connectivity index (χ2n) is 6.77. The quantitative estimate of drug-likeness (QED) is 0.792. The van der Waals surface area contributed by atoms with Gasteiger partial charge in [-0.05, 0) is 42.9 Å². The van der Waals surface area contributed by atoms with Gasteiger partial charge in [0.15, 0.2) is 0 Å². The summed E-state index contributed by atoms with van der Waals surface area (Å²) in [6, 6.07) is 13.6. The molecule has 2 aromatic carbocycles. The molecule has 1 amide bonds. The monoisotopic (exact) mass is 403 g/mol. The Balaban J connectivity index is 1.62. The molecular formula is C20H25N3O4S. The first kappa shape index (κ1) is 20.3. The van der Waals surface area contributed by atoms with E-state index in [9.17, 15) is 13.2 Å². The van der Waals surface area contributed by atoms with Crippen molar-refractivity contribution >= 4 is 15.9 Å². The van der Waals surface area contributed by atoms with Crippen LogP contribution >= 0.6 is 0 Å². The van der Waals surface area contributed by atoms with E-state index in [0.717, 1.165) is 18.7 Å². The maximum atomic E-state index is 12.7. The van der Waals surface area contributed by atoms with Gasteiger partial charge in [0.05, 0.1) is 12.0 Å². The highest BCUT2D eigenvalue weighted by molar-refractivity contribution is 7.89. The number of piperazine rings is 1. The lowest BCUT2D eigenvalue weighted by atomic mass is 10.2. The smallest absolute Gasteiger partial charge is 0.251 e. The number of carbonyl (C=O) groups is 1. The van der Waals surface area contributed by atoms with Crippen LogP contribution in [-0.4, -0.2) is 63.9 Å². The molecular weight excluding hydrogens is 378 g/mol. The number of rotatable bonds is 6. The van der Waals surface area contributed by atoms with E-state index in [0.29, 0.717) is 30.9 Å². The first-order valence-electron chi connectivity index (χ1n) is 9.10. The lowest BCUT2D eigenvalue weighted by Gasteiger charge is -2.31. The molecule has 7 nitrogen and oxygen atoms in total. The van der Waals surface area contributed by atoms with Gasteiger partial charge in [-0.1, -0.05) is 18.2 Å². The predicted molar refractivity (Wildman–Crippen MR) is 107 cm³/mol. The zero-order valence-corrected chi connectivity index (χ0v) is 16.9. The number of carbonyl (C=O) groups excluding carboxylic acids is 1. The van der Waals surface area contributed by atoms with Crippen LogP contribution in [0.2, 0.25) is 0 Å². The van der Waals surface area contributed by atoms with Gasteiger partial charge in [-0.15, -0.1) is 0 Å². The SMILES string of the molecule is COc1cccc(C(=O)NCc2ccc(S(=O)(=O)N3CCN(C)CC3)cc2)c1. The molecule has 0 saturated carbocycles. The average molecular weight is 404 g/mol. The van der Waals surface area contributed by atoms with Gasteiger partial charge in [-0.3, -0.25) is 4.79 Å². The standard InChI is InChI=1S/C20H25N3O4S/c1-22-10-12-23(13-11-22)28(25,26)19-8-6-16(7-9-19)15-21-20(24)17-4-3-5-18(14-17)27-2/h3-9,14H,10-13,15H2,1-2H3,(H,21,24). The third kappa shape index (κ3) is 4.70. The minimum atomic E-state index is -3.48. The van der Waals surface area contributed by atoms with Crippen LogP contribution < -0.4 is 10.1 Å². The van der Waals surface area contributed by atoms with Crippen LogP contribution in [-0.2, 0) is 16.6 Å². The van der Waals surface area contributed by atoms with Gasteiger partial charge < -0.3 is 15.0 Å². The summed E-state index contributed by atoms with van der Waals surface area (Å²) in [7, 11) is 0.0563. The molecule has 1 aliphatic rings. The fraction of sp³-hybridized carbons (Fsp3) is 0.350. The Morgan fingerprint density at radius 2 is 1.75 bits per heavy atom. The van der Waals surface area contributed by atoms with Gasteiger partial charge in [-0.2, -0.15) is 4.31 Å². The van der Waals surface area contributed by atoms with E-state index < -0.39 is 10.0 Å². The number of nitrogens with one attached hydrogen (secondary N) is 1. The summed E-state index contributed by atoms with van der Waals surface area (Å²) in [5, 5.41) is 2.83. The fourth-order valence-corrected chi connectivity index (χ4v) is 4.43. The van der Waals surface area contributed by atoms with E-state index in [-0.39, 0.29) is 10.8 Å². The molecule has 3 rings (SSSR count). The first-order chi connectivity index (χ1) is 13.4. The summed E-state index contributed by atoms with van der Waals surface area (Å²) < 4.78 is 32.1. The van der Waals surface area contributed by atoms with E-state index in [1.54, 1.807) is 55.6 Å². The highest BCUT2D eigenvalue weighted by atomic mass is 32.2. The normalized spacial score (nSPS) is 15.9. The van der Waals surface area contributed by atoms with Crippen molar-refractivity contribution in [1.82, 2.24) is 14.5 Å². The molecule has 0 aliphatic carbocycles. The lowest BCUT2D eigenvalue weighted by Crippen LogP contribution is -2.47. The molecule has 28 heavy (non-hydrogen) atoms. The molecule has 1 heterocycles. The second kappa shape index (κ2) is 8.72. The summed E-state index contributed by atoms with van der Waals surface area (Å²) in [5.74, 6) is 0.402. The van der Waals surface area contributed by atoms with Crippen LogP contribution in [0.15, 0.2) is 53.4 Å². The maximum Gasteiger partial charge on any atom is 0.251 e. The predicted octanol–water partition coefficient (Wildman–Crippen LogP) is 1.56. The molecule has 1 saturated heterocycles. The van der Waals surface area contributed by atoms with Crippen LogP contribution in [0.5, 0.6) is 5.75 Å². The fourth-order valence-electron chi connectivity index (χ4n) is 3.01. The van der Waals surface area contributed by atoms with Gasteiger partial charge in [0.25, 0.3) is 5.91 Å². The number of nitrogens with zero attached hydrogens (tertiary/aromatic N) is 2. The number of methoxy groups -OCH3 is 1. The van der Waals surface area contributed by atoms with E-state index in [2.05, 4.69) is 10.2 Å². The number of benzene rings is 2. The van der Waals surface area contributed by atoms with Crippen molar-refractivity contribution in [2.75, 3.05) is 40.3 Å². The number of amides is 1. The molecule has 0 bridgehead atoms. The van der Waals surface area contributed by atoms with Gasteiger partial charge in [0.1, 0.15) is 5.75 Å². The van der Waals surface area contributed by atoms with Gasteiger partial charge in [0, 0.05) is 38.3 Å². The Labute approximate surface area is 166 Å². The van der Waals surface area contributed by atoms with Crippen molar-refractivity contribution in [2.24, 2.45) is 0 Å². The van der Waals surface area contributed by atoms with Gasteiger partial charge in [0.2, 0.25) is 10.0 Å². The third-order valence-electron chi connectivity index (χ3n) is 4.81. The number of sulfonamides is 1. The average Bonchev–Trinajstić information content (AvgIpc) is 2.72. The molecule has 1 aliphatic heterocycles. The Morgan fingerprint density at radius 3 is 2.39 bits per heavy atom. The topological polar surface area (TPSA) is 78.9 Å². The summed E-state index contributed by atoms with van der Waals surface area (Å²) in [6.45, 7) is 2.76. The number of hydrogen-bond acceptors (Lipinski definition) is 5. The number of ether oxygens (including phenoxy) is 1. The molecule has 1 fully saturated rings. The first-order valence-corrected chi connectivity index (χ1v) is 10.5. The van der Waals surface area contributed by atoms with Crippen LogP contribution in [0.25, 0.3) is 0 Å². The zero-order valence-electron chi connectivity index (χ0n) is 16.1. The van der Waals surface area contributed by atoms with Crippen molar-refractivity contribution < 1.29 is 17.9 Å². The number of likely N-dealkylation sites (N-methyl/N-ethyl adjacent to an activating group) is 1. The van der Waals surface area contributed by atoms with E-state index >= 15 is 0 Å². The van der Waals surface area contributed by atoms with Crippen LogP contribution in [0.1, 0.15) is 15.9 Å². The van der Waals surface area contributed by atoms with Crippen molar-refractivity contribution in [3.63, 3.8) is 0 Å². The van der Waals surface area contributed by atoms with Crippen molar-refractivity contribution in [1.29, 1.82) is 0 Å². The summed E-state index contributed by atoms with van der Waals surface area (Å²) >= 11 is 0. The Morgan fingerprint density at radius 1 is 1.07 bits per heavy atom. The van der Waals surface area contributed by atoms with Crippen LogP contribution in [0, 0.1) is 0 Å². The van der Waals surface area contributed by atoms with Crippen molar-refractivity contribution in [2.45, 2.75) is 11.4 Å². The third-order valence-corrected chi connectivity index (χ3v) is 6.72. The summed E-state index contributed by atoms with van der Waals surface area (Å²) in [6.07, 6.45) is 0. The highest BCUT2D eigenvalue weighted by Gasteiger charge is 2.27. The van der Waals surface area contributed by atoms with Crippen LogP contribution in [0.4, 0.5) is 0 Å². The molecule has 150 valence electrons. The van der Waals surface area contributed by atoms with E-state index in [4.69, 9.17) is 4.74 Å². The van der Waals surface area contributed by atoms with Gasteiger partial charge >= 0.3 is 0 Å². The van der Waals surface area contributed by atoms with Crippen molar-refractivity contribution in [3.8, 4) is 5.75 Å². The largest absolute Gasteiger partial charge is 0.497 e. The molecule has 0 unspecified atom stereocenters. The summed E-state index contributed by atoms with van der Waals surface area (Å²) in [5.41, 5.74) is 1.34. The summed E-state index contributed by atoms with van der Waals surface area (Å²) in [4.78, 5) is 14.7. The minimum absolute atomic E-state index is 0.215. The van der Waals surface area contributed by atoms with E-state index in [1.165, 1.54) is 4.31 Å². The van der Waals surface area contributed by atoms with E-state index in [1.807, 2.05) is 7.05 Å². The lowest BCUT2D eigenvalue weighted by molar-refractivity contribution is 0.0950. The molecule has 0 atom stereocenters. The minimum Gasteiger partial charge on any atom is -0.497 e. The number of hydrogen-bond donors (Lipinski definition) is 1. The molecule has 0 radical (unpaired) electrons. The highest BCUT2D eigenvalue weighted by Crippen LogP contribution is 2.18. The maximum absolute atomic E-state index is 12.7. The Kier molecular flexibility index (Phi) is 6.33. The molecule has 0 spiro atoms. The Hall–Kier alpha value is -2.42. The zero-order chi connectivity index (χ0) is 20.1. The Bertz CT molecular complexity index is 921. The molecule has 0 aromatic heterocycles. The second-order valence-corrected chi connectivity index (χ2v) is 8.70. The van der Waals surface area contributed by atoms with Crippen molar-refractivity contribution in [3.05, 3.63) is 59.7 Å². The van der Waals surface area contributed by atoms with Gasteiger partial charge in [-0.25, -0.2) is 8.42 Å². The van der Waals surface area contributed by atoms with Crippen LogP contribution in [0.3, 0.4) is 0 Å². The molecule has 1 N–H and O–H groups in total. The molecule has 2 aromatic rings.